The molecule has 4 heteroatoms. The molecule has 2 aliphatic rings. The summed E-state index contributed by atoms with van der Waals surface area (Å²) >= 11 is 0. The molecule has 0 aliphatic carbocycles. The monoisotopic (exact) mass is 187 g/mol. The van der Waals surface area contributed by atoms with Crippen LogP contribution in [-0.4, -0.2) is 50.5 Å². The lowest BCUT2D eigenvalue weighted by molar-refractivity contribution is 0.137. The van der Waals surface area contributed by atoms with Crippen LogP contribution in [0.25, 0.3) is 0 Å². The average Bonchev–Trinajstić information content (AvgIpc) is 2.22. The van der Waals surface area contributed by atoms with E-state index in [0.717, 1.165) is 52.1 Å². The van der Waals surface area contributed by atoms with Crippen LogP contribution in [-0.2, 0) is 0 Å². The van der Waals surface area contributed by atoms with E-state index in [2.05, 4.69) is 16.0 Å². The third kappa shape index (κ3) is 5.99. The highest BCUT2D eigenvalue weighted by molar-refractivity contribution is 4.65. The maximum Gasteiger partial charge on any atom is 0.0564 e. The molecule has 0 spiro atoms. The van der Waals surface area contributed by atoms with Crippen LogP contribution in [0.2, 0.25) is 0 Å². The fraction of sp³-hybridized carbons (Fsp3) is 1.00. The highest BCUT2D eigenvalue weighted by Gasteiger charge is 2.06. The molecule has 2 rings (SSSR count). The first kappa shape index (κ1) is 10.9. The summed E-state index contributed by atoms with van der Waals surface area (Å²) in [5.74, 6) is 0. The van der Waals surface area contributed by atoms with Crippen molar-refractivity contribution in [2.24, 2.45) is 0 Å². The number of rotatable bonds is 0. The van der Waals surface area contributed by atoms with Gasteiger partial charge in [0, 0.05) is 26.2 Å². The second-order valence-corrected chi connectivity index (χ2v) is 3.48. The smallest absolute Gasteiger partial charge is 0.0564 e. The summed E-state index contributed by atoms with van der Waals surface area (Å²) in [5, 5.41) is 18.5. The second kappa shape index (κ2) is 7.26. The summed E-state index contributed by atoms with van der Waals surface area (Å²) in [4.78, 5) is 0. The maximum atomic E-state index is 8.87. The van der Waals surface area contributed by atoms with Crippen molar-refractivity contribution in [1.82, 2.24) is 16.0 Å². The number of aliphatic hydroxyl groups excluding tert-OH is 1. The van der Waals surface area contributed by atoms with Gasteiger partial charge in [-0.1, -0.05) is 0 Å². The molecule has 2 saturated heterocycles. The topological polar surface area (TPSA) is 56.3 Å². The van der Waals surface area contributed by atoms with Crippen molar-refractivity contribution < 1.29 is 5.11 Å². The van der Waals surface area contributed by atoms with Crippen molar-refractivity contribution in [1.29, 1.82) is 0 Å². The molecule has 0 bridgehead atoms. The van der Waals surface area contributed by atoms with Crippen molar-refractivity contribution in [3.63, 3.8) is 0 Å². The first-order valence-corrected chi connectivity index (χ1v) is 5.20. The van der Waals surface area contributed by atoms with E-state index in [1.54, 1.807) is 0 Å². The summed E-state index contributed by atoms with van der Waals surface area (Å²) in [7, 11) is 0. The molecular formula is C9H21N3O. The van der Waals surface area contributed by atoms with Gasteiger partial charge in [0.05, 0.1) is 6.10 Å². The van der Waals surface area contributed by atoms with E-state index in [1.807, 2.05) is 0 Å². The van der Waals surface area contributed by atoms with Crippen molar-refractivity contribution in [3.05, 3.63) is 0 Å². The van der Waals surface area contributed by atoms with Crippen molar-refractivity contribution in [3.8, 4) is 0 Å². The van der Waals surface area contributed by atoms with Gasteiger partial charge in [0.1, 0.15) is 0 Å². The van der Waals surface area contributed by atoms with Crippen molar-refractivity contribution in [2.45, 2.75) is 18.9 Å². The summed E-state index contributed by atoms with van der Waals surface area (Å²) in [5.41, 5.74) is 0. The zero-order valence-electron chi connectivity index (χ0n) is 8.18. The Morgan fingerprint density at radius 1 is 0.692 bits per heavy atom. The van der Waals surface area contributed by atoms with Gasteiger partial charge in [-0.05, 0) is 25.9 Å². The van der Waals surface area contributed by atoms with Gasteiger partial charge in [-0.25, -0.2) is 0 Å². The van der Waals surface area contributed by atoms with Crippen molar-refractivity contribution in [2.75, 3.05) is 39.3 Å². The molecule has 0 radical (unpaired) electrons. The molecule has 4 N–H and O–H groups in total. The molecule has 2 aliphatic heterocycles. The second-order valence-electron chi connectivity index (χ2n) is 3.48. The molecule has 13 heavy (non-hydrogen) atoms. The molecule has 2 fully saturated rings. The van der Waals surface area contributed by atoms with E-state index in [4.69, 9.17) is 5.11 Å². The Morgan fingerprint density at radius 3 is 1.31 bits per heavy atom. The Kier molecular flexibility index (Phi) is 6.10. The van der Waals surface area contributed by atoms with Crippen LogP contribution in [0.1, 0.15) is 12.8 Å². The van der Waals surface area contributed by atoms with Gasteiger partial charge in [0.2, 0.25) is 0 Å². The largest absolute Gasteiger partial charge is 0.393 e. The van der Waals surface area contributed by atoms with Crippen LogP contribution >= 0.6 is 0 Å². The first-order chi connectivity index (χ1) is 6.39. The average molecular weight is 187 g/mol. The van der Waals surface area contributed by atoms with Gasteiger partial charge in [-0.15, -0.1) is 0 Å². The summed E-state index contributed by atoms with van der Waals surface area (Å²) in [6.45, 7) is 6.53. The fourth-order valence-electron chi connectivity index (χ4n) is 1.41. The molecular weight excluding hydrogens is 166 g/mol. The Hall–Kier alpha value is -0.160. The van der Waals surface area contributed by atoms with E-state index >= 15 is 0 Å². The summed E-state index contributed by atoms with van der Waals surface area (Å²) in [6.07, 6.45) is 1.83. The van der Waals surface area contributed by atoms with Gasteiger partial charge in [-0.3, -0.25) is 0 Å². The zero-order chi connectivity index (χ0) is 9.36. The lowest BCUT2D eigenvalue weighted by atomic mass is 10.1. The molecule has 0 saturated carbocycles. The Balaban J connectivity index is 0.000000132. The van der Waals surface area contributed by atoms with E-state index < -0.39 is 0 Å². The van der Waals surface area contributed by atoms with Crippen LogP contribution in [0.4, 0.5) is 0 Å². The Morgan fingerprint density at radius 2 is 1.08 bits per heavy atom. The maximum absolute atomic E-state index is 8.87. The molecule has 0 aromatic carbocycles. The minimum absolute atomic E-state index is 0.0266. The van der Waals surface area contributed by atoms with Gasteiger partial charge >= 0.3 is 0 Å². The first-order valence-electron chi connectivity index (χ1n) is 5.20. The Labute approximate surface area is 80.1 Å². The lowest BCUT2D eigenvalue weighted by Crippen LogP contribution is -2.39. The molecule has 0 atom stereocenters. The van der Waals surface area contributed by atoms with Crippen LogP contribution in [0, 0.1) is 0 Å². The van der Waals surface area contributed by atoms with E-state index in [-0.39, 0.29) is 6.10 Å². The quantitative estimate of drug-likeness (QED) is 0.389. The third-order valence-corrected chi connectivity index (χ3v) is 2.27. The van der Waals surface area contributed by atoms with Crippen molar-refractivity contribution >= 4 is 0 Å². The molecule has 0 aromatic rings. The Bertz CT molecular complexity index is 99.9. The van der Waals surface area contributed by atoms with Crippen LogP contribution < -0.4 is 16.0 Å². The number of piperidine rings is 1. The molecule has 0 amide bonds. The summed E-state index contributed by atoms with van der Waals surface area (Å²) < 4.78 is 0. The van der Waals surface area contributed by atoms with Gasteiger partial charge in [-0.2, -0.15) is 0 Å². The predicted octanol–water partition coefficient (Wildman–Crippen LogP) is -1.09. The number of hydrogen-bond acceptors (Lipinski definition) is 4. The lowest BCUT2D eigenvalue weighted by Gasteiger charge is -2.16. The summed E-state index contributed by atoms with van der Waals surface area (Å²) in [6, 6.07) is 0. The SMILES string of the molecule is C1CNCCN1.OC1CCNCC1. The minimum Gasteiger partial charge on any atom is -0.393 e. The van der Waals surface area contributed by atoms with Gasteiger partial charge in [0.15, 0.2) is 0 Å². The zero-order valence-corrected chi connectivity index (χ0v) is 8.18. The van der Waals surface area contributed by atoms with Crippen LogP contribution in [0.3, 0.4) is 0 Å². The van der Waals surface area contributed by atoms with E-state index in [0.29, 0.717) is 0 Å². The molecule has 0 unspecified atom stereocenters. The standard InChI is InChI=1S/C5H11NO.C4H10N2/c7-5-1-3-6-4-2-5;1-2-6-4-3-5-1/h5-7H,1-4H2;5-6H,1-4H2. The molecule has 0 aromatic heterocycles. The van der Waals surface area contributed by atoms with E-state index in [1.165, 1.54) is 0 Å². The minimum atomic E-state index is -0.0266. The van der Waals surface area contributed by atoms with Crippen LogP contribution in [0.15, 0.2) is 0 Å². The molecule has 4 nitrogen and oxygen atoms in total. The number of nitrogens with one attached hydrogen (secondary N) is 3. The normalized spacial score (nSPS) is 24.7. The number of piperazine rings is 1. The van der Waals surface area contributed by atoms with E-state index in [9.17, 15) is 0 Å². The molecule has 78 valence electrons. The number of hydrogen-bond donors (Lipinski definition) is 4. The number of aliphatic hydroxyl groups is 1. The fourth-order valence-corrected chi connectivity index (χ4v) is 1.41. The molecule has 2 heterocycles. The highest BCUT2D eigenvalue weighted by Crippen LogP contribution is 1.99. The third-order valence-electron chi connectivity index (χ3n) is 2.27. The van der Waals surface area contributed by atoms with Gasteiger partial charge in [0.25, 0.3) is 0 Å². The van der Waals surface area contributed by atoms with Crippen LogP contribution in [0.5, 0.6) is 0 Å². The highest BCUT2D eigenvalue weighted by atomic mass is 16.3. The predicted molar refractivity (Wildman–Crippen MR) is 53.8 cm³/mol. The van der Waals surface area contributed by atoms with Gasteiger partial charge < -0.3 is 21.1 Å².